The molecule has 1 atom stereocenters. The van der Waals surface area contributed by atoms with Crippen molar-refractivity contribution in [3.63, 3.8) is 0 Å². The lowest BCUT2D eigenvalue weighted by molar-refractivity contribution is 0.457. The summed E-state index contributed by atoms with van der Waals surface area (Å²) in [6.45, 7) is 1.83. The number of aromatic nitrogens is 1. The fraction of sp³-hybridized carbons (Fsp3) is 0.214. The molecule has 0 aliphatic rings. The zero-order chi connectivity index (χ0) is 13.2. The Balaban J connectivity index is 2.30. The van der Waals surface area contributed by atoms with Gasteiger partial charge in [-0.3, -0.25) is 4.98 Å². The summed E-state index contributed by atoms with van der Waals surface area (Å²) in [5.41, 5.74) is 6.97. The highest BCUT2D eigenvalue weighted by molar-refractivity contribution is 9.10. The number of nitrogens with two attached hydrogens (primary N) is 1. The average Bonchev–Trinajstić information content (AvgIpc) is 2.28. The molecule has 0 aliphatic carbocycles. The van der Waals surface area contributed by atoms with Crippen LogP contribution in [0.3, 0.4) is 0 Å². The molecule has 0 radical (unpaired) electrons. The molecule has 2 nitrogen and oxygen atoms in total. The second-order valence-electron chi connectivity index (χ2n) is 4.59. The minimum atomic E-state index is -0.756. The second-order valence-corrected chi connectivity index (χ2v) is 5.50. The van der Waals surface area contributed by atoms with E-state index in [-0.39, 0.29) is 5.82 Å². The van der Waals surface area contributed by atoms with E-state index in [1.165, 1.54) is 6.07 Å². The first-order valence-corrected chi connectivity index (χ1v) is 6.42. The first-order chi connectivity index (χ1) is 8.49. The molecule has 2 N–H and O–H groups in total. The fourth-order valence-electron chi connectivity index (χ4n) is 2.00. The summed E-state index contributed by atoms with van der Waals surface area (Å²) in [6, 6.07) is 8.55. The molecule has 0 bridgehead atoms. The lowest BCUT2D eigenvalue weighted by Gasteiger charge is -2.25. The van der Waals surface area contributed by atoms with E-state index in [0.29, 0.717) is 12.0 Å². The van der Waals surface area contributed by atoms with Crippen LogP contribution in [0.1, 0.15) is 18.1 Å². The largest absolute Gasteiger partial charge is 0.321 e. The van der Waals surface area contributed by atoms with Gasteiger partial charge in [-0.25, -0.2) is 4.39 Å². The monoisotopic (exact) mass is 308 g/mol. The maximum absolute atomic E-state index is 13.8. The van der Waals surface area contributed by atoms with Gasteiger partial charge in [-0.05, 0) is 47.0 Å². The molecule has 0 saturated heterocycles. The van der Waals surface area contributed by atoms with Crippen LogP contribution in [-0.2, 0) is 12.0 Å². The molecular weight excluding hydrogens is 295 g/mol. The van der Waals surface area contributed by atoms with E-state index in [2.05, 4.69) is 20.9 Å². The van der Waals surface area contributed by atoms with Gasteiger partial charge < -0.3 is 5.73 Å². The molecule has 4 heteroatoms. The molecule has 2 rings (SSSR count). The Kier molecular flexibility index (Phi) is 3.78. The van der Waals surface area contributed by atoms with Crippen LogP contribution >= 0.6 is 15.9 Å². The van der Waals surface area contributed by atoms with Crippen LogP contribution in [0.15, 0.2) is 47.2 Å². The third kappa shape index (κ3) is 2.94. The number of rotatable bonds is 3. The average molecular weight is 309 g/mol. The molecule has 1 heterocycles. The zero-order valence-electron chi connectivity index (χ0n) is 10.0. The van der Waals surface area contributed by atoms with Crippen molar-refractivity contribution in [2.75, 3.05) is 0 Å². The van der Waals surface area contributed by atoms with E-state index >= 15 is 0 Å². The van der Waals surface area contributed by atoms with Crippen LogP contribution in [-0.4, -0.2) is 4.98 Å². The molecule has 1 aromatic heterocycles. The third-order valence-electron chi connectivity index (χ3n) is 2.82. The number of nitrogens with zero attached hydrogens (tertiary/aromatic N) is 1. The summed E-state index contributed by atoms with van der Waals surface area (Å²) in [5, 5.41) is 0. The van der Waals surface area contributed by atoms with Crippen LogP contribution < -0.4 is 5.73 Å². The fourth-order valence-corrected chi connectivity index (χ4v) is 2.41. The van der Waals surface area contributed by atoms with Gasteiger partial charge in [-0.15, -0.1) is 0 Å². The Morgan fingerprint density at radius 3 is 2.72 bits per heavy atom. The minimum absolute atomic E-state index is 0.273. The molecule has 0 fully saturated rings. The van der Waals surface area contributed by atoms with Crippen molar-refractivity contribution in [2.45, 2.75) is 18.9 Å². The van der Waals surface area contributed by atoms with Gasteiger partial charge in [-0.2, -0.15) is 0 Å². The van der Waals surface area contributed by atoms with Crippen LogP contribution in [0.25, 0.3) is 0 Å². The first kappa shape index (κ1) is 13.2. The van der Waals surface area contributed by atoms with E-state index in [1.54, 1.807) is 30.6 Å². The summed E-state index contributed by atoms with van der Waals surface area (Å²) in [6.07, 6.45) is 3.98. The molecule has 0 saturated carbocycles. The van der Waals surface area contributed by atoms with Crippen molar-refractivity contribution in [3.8, 4) is 0 Å². The number of pyridine rings is 1. The third-order valence-corrected chi connectivity index (χ3v) is 3.26. The van der Waals surface area contributed by atoms with E-state index in [1.807, 2.05) is 13.0 Å². The van der Waals surface area contributed by atoms with Gasteiger partial charge in [0.1, 0.15) is 5.82 Å². The van der Waals surface area contributed by atoms with Crippen LogP contribution in [0.2, 0.25) is 0 Å². The summed E-state index contributed by atoms with van der Waals surface area (Å²) in [5.74, 6) is -0.273. The van der Waals surface area contributed by atoms with E-state index in [4.69, 9.17) is 5.73 Å². The lowest BCUT2D eigenvalue weighted by Crippen LogP contribution is -2.36. The highest BCUT2D eigenvalue weighted by Gasteiger charge is 2.24. The van der Waals surface area contributed by atoms with E-state index in [0.717, 1.165) is 10.0 Å². The Labute approximate surface area is 114 Å². The molecule has 18 heavy (non-hydrogen) atoms. The summed E-state index contributed by atoms with van der Waals surface area (Å²) < 4.78 is 14.7. The topological polar surface area (TPSA) is 38.9 Å². The Morgan fingerprint density at radius 2 is 2.06 bits per heavy atom. The van der Waals surface area contributed by atoms with Gasteiger partial charge in [-0.1, -0.05) is 18.2 Å². The SMILES string of the molecule is CC(N)(Cc1cncc(Br)c1)c1ccccc1F. The highest BCUT2D eigenvalue weighted by Crippen LogP contribution is 2.25. The maximum Gasteiger partial charge on any atom is 0.128 e. The highest BCUT2D eigenvalue weighted by atomic mass is 79.9. The smallest absolute Gasteiger partial charge is 0.128 e. The second kappa shape index (κ2) is 5.16. The van der Waals surface area contributed by atoms with Gasteiger partial charge in [0, 0.05) is 28.0 Å². The Morgan fingerprint density at radius 1 is 1.33 bits per heavy atom. The predicted molar refractivity (Wildman–Crippen MR) is 73.6 cm³/mol. The predicted octanol–water partition coefficient (Wildman–Crippen LogP) is 3.40. The van der Waals surface area contributed by atoms with Gasteiger partial charge in [0.2, 0.25) is 0 Å². The molecule has 0 amide bonds. The summed E-state index contributed by atoms with van der Waals surface area (Å²) >= 11 is 3.36. The molecule has 0 aliphatic heterocycles. The molecule has 1 unspecified atom stereocenters. The van der Waals surface area contributed by atoms with Crippen molar-refractivity contribution >= 4 is 15.9 Å². The van der Waals surface area contributed by atoms with Crippen molar-refractivity contribution in [1.29, 1.82) is 0 Å². The Bertz CT molecular complexity index is 555. The van der Waals surface area contributed by atoms with Gasteiger partial charge in [0.15, 0.2) is 0 Å². The molecule has 94 valence electrons. The first-order valence-electron chi connectivity index (χ1n) is 5.62. The van der Waals surface area contributed by atoms with Crippen molar-refractivity contribution in [1.82, 2.24) is 4.98 Å². The van der Waals surface area contributed by atoms with E-state index < -0.39 is 5.54 Å². The molecular formula is C14H14BrFN2. The van der Waals surface area contributed by atoms with Gasteiger partial charge in [0.05, 0.1) is 0 Å². The summed E-state index contributed by atoms with van der Waals surface area (Å²) in [7, 11) is 0. The van der Waals surface area contributed by atoms with Gasteiger partial charge in [0.25, 0.3) is 0 Å². The lowest BCUT2D eigenvalue weighted by atomic mass is 9.87. The minimum Gasteiger partial charge on any atom is -0.321 e. The number of benzene rings is 1. The molecule has 1 aromatic carbocycles. The van der Waals surface area contributed by atoms with Crippen molar-refractivity contribution in [3.05, 3.63) is 64.1 Å². The molecule has 0 spiro atoms. The quantitative estimate of drug-likeness (QED) is 0.944. The Hall–Kier alpha value is -1.26. The van der Waals surface area contributed by atoms with Crippen molar-refractivity contribution in [2.24, 2.45) is 5.73 Å². The normalized spacial score (nSPS) is 14.2. The van der Waals surface area contributed by atoms with E-state index in [9.17, 15) is 4.39 Å². The number of halogens is 2. The van der Waals surface area contributed by atoms with Crippen molar-refractivity contribution < 1.29 is 4.39 Å². The van der Waals surface area contributed by atoms with Gasteiger partial charge >= 0.3 is 0 Å². The molecule has 2 aromatic rings. The number of hydrogen-bond acceptors (Lipinski definition) is 2. The number of hydrogen-bond donors (Lipinski definition) is 1. The summed E-state index contributed by atoms with van der Waals surface area (Å²) in [4.78, 5) is 4.09. The van der Waals surface area contributed by atoms with Crippen LogP contribution in [0, 0.1) is 5.82 Å². The standard InChI is InChI=1S/C14H14BrFN2/c1-14(17,12-4-2-3-5-13(12)16)7-10-6-11(15)9-18-8-10/h2-6,8-9H,7,17H2,1H3. The van der Waals surface area contributed by atoms with Crippen LogP contribution in [0.5, 0.6) is 0 Å². The zero-order valence-corrected chi connectivity index (χ0v) is 11.6. The van der Waals surface area contributed by atoms with Crippen LogP contribution in [0.4, 0.5) is 4.39 Å². The maximum atomic E-state index is 13.8.